The number of benzene rings is 3. The summed E-state index contributed by atoms with van der Waals surface area (Å²) in [7, 11) is 0. The van der Waals surface area contributed by atoms with Crippen LogP contribution in [-0.4, -0.2) is 66.4 Å². The summed E-state index contributed by atoms with van der Waals surface area (Å²) >= 11 is 0. The molecule has 3 aromatic carbocycles. The SMILES string of the molecule is O=C(O)CCCCC(/C=C/c1ccccc1OCCCCCN1CCN(c2ccc(F)cc2F)CC1)Cc1ccc(C(=O)O)cc1. The first-order valence-corrected chi connectivity index (χ1v) is 16.1. The number of aromatic carboxylic acids is 1. The first kappa shape index (κ1) is 34.6. The number of halogens is 2. The van der Waals surface area contributed by atoms with Crippen molar-refractivity contribution in [1.82, 2.24) is 4.90 Å². The molecule has 2 N–H and O–H groups in total. The Morgan fingerprint density at radius 3 is 2.35 bits per heavy atom. The molecule has 0 spiro atoms. The molecule has 0 amide bonds. The van der Waals surface area contributed by atoms with Gasteiger partial charge in [-0.1, -0.05) is 48.9 Å². The van der Waals surface area contributed by atoms with Crippen LogP contribution in [0, 0.1) is 17.6 Å². The van der Waals surface area contributed by atoms with E-state index in [1.807, 2.05) is 41.3 Å². The number of unbranched alkanes of at least 4 members (excludes halogenated alkanes) is 3. The van der Waals surface area contributed by atoms with Gasteiger partial charge in [0.05, 0.1) is 17.9 Å². The number of rotatable bonds is 18. The second-order valence-corrected chi connectivity index (χ2v) is 11.8. The van der Waals surface area contributed by atoms with Gasteiger partial charge in [-0.05, 0) is 86.9 Å². The van der Waals surface area contributed by atoms with Crippen molar-refractivity contribution in [2.75, 3.05) is 44.2 Å². The van der Waals surface area contributed by atoms with E-state index in [4.69, 9.17) is 9.84 Å². The van der Waals surface area contributed by atoms with E-state index in [2.05, 4.69) is 17.1 Å². The molecule has 0 aliphatic carbocycles. The van der Waals surface area contributed by atoms with Gasteiger partial charge in [0.25, 0.3) is 0 Å². The number of carbonyl (C=O) groups is 2. The van der Waals surface area contributed by atoms with Crippen LogP contribution in [-0.2, 0) is 11.2 Å². The van der Waals surface area contributed by atoms with E-state index in [9.17, 15) is 23.5 Å². The quantitative estimate of drug-likeness (QED) is 0.140. The highest BCUT2D eigenvalue weighted by Crippen LogP contribution is 2.25. The molecule has 7 nitrogen and oxygen atoms in total. The molecule has 246 valence electrons. The zero-order valence-electron chi connectivity index (χ0n) is 26.3. The number of ether oxygens (including phenoxy) is 1. The Morgan fingerprint density at radius 1 is 0.870 bits per heavy atom. The van der Waals surface area contributed by atoms with Gasteiger partial charge >= 0.3 is 11.9 Å². The largest absolute Gasteiger partial charge is 0.493 e. The van der Waals surface area contributed by atoms with Crippen LogP contribution in [0.25, 0.3) is 6.08 Å². The fraction of sp³-hybridized carbons (Fsp3) is 0.405. The lowest BCUT2D eigenvalue weighted by Crippen LogP contribution is -2.46. The molecule has 0 radical (unpaired) electrons. The minimum Gasteiger partial charge on any atom is -0.493 e. The van der Waals surface area contributed by atoms with Crippen molar-refractivity contribution < 1.29 is 33.3 Å². The van der Waals surface area contributed by atoms with Crippen LogP contribution in [0.15, 0.2) is 72.8 Å². The summed E-state index contributed by atoms with van der Waals surface area (Å²) in [6.07, 6.45) is 10.3. The van der Waals surface area contributed by atoms with Gasteiger partial charge in [-0.2, -0.15) is 0 Å². The third kappa shape index (κ3) is 11.3. The average Bonchev–Trinajstić information content (AvgIpc) is 3.04. The Balaban J connectivity index is 1.22. The number of anilines is 1. The van der Waals surface area contributed by atoms with Crippen LogP contribution in [0.2, 0.25) is 0 Å². The predicted molar refractivity (Wildman–Crippen MR) is 177 cm³/mol. The van der Waals surface area contributed by atoms with Crippen LogP contribution in [0.5, 0.6) is 5.75 Å². The molecule has 4 rings (SSSR count). The summed E-state index contributed by atoms with van der Waals surface area (Å²) in [5, 5.41) is 18.2. The van der Waals surface area contributed by atoms with Crippen molar-refractivity contribution in [2.24, 2.45) is 5.92 Å². The normalized spacial score (nSPS) is 14.4. The first-order valence-electron chi connectivity index (χ1n) is 16.1. The summed E-state index contributed by atoms with van der Waals surface area (Å²) in [6.45, 7) is 4.72. The van der Waals surface area contributed by atoms with Crippen molar-refractivity contribution in [2.45, 2.75) is 51.4 Å². The second kappa shape index (κ2) is 18.0. The van der Waals surface area contributed by atoms with Gasteiger partial charge in [-0.3, -0.25) is 9.69 Å². The third-order valence-electron chi connectivity index (χ3n) is 8.38. The van der Waals surface area contributed by atoms with E-state index in [1.54, 1.807) is 12.1 Å². The lowest BCUT2D eigenvalue weighted by atomic mass is 9.92. The van der Waals surface area contributed by atoms with Crippen LogP contribution >= 0.6 is 0 Å². The van der Waals surface area contributed by atoms with Crippen LogP contribution in [0.4, 0.5) is 14.5 Å². The van der Waals surface area contributed by atoms with Gasteiger partial charge in [0, 0.05) is 44.2 Å². The third-order valence-corrected chi connectivity index (χ3v) is 8.38. The molecule has 1 saturated heterocycles. The molecular formula is C37H44F2N2O5. The maximum absolute atomic E-state index is 14.1. The lowest BCUT2D eigenvalue weighted by molar-refractivity contribution is -0.137. The topological polar surface area (TPSA) is 90.3 Å². The first-order chi connectivity index (χ1) is 22.3. The number of piperazine rings is 1. The van der Waals surface area contributed by atoms with Crippen molar-refractivity contribution in [3.8, 4) is 5.75 Å². The molecule has 0 aromatic heterocycles. The summed E-state index contributed by atoms with van der Waals surface area (Å²) in [6, 6.07) is 18.6. The van der Waals surface area contributed by atoms with Gasteiger partial charge in [-0.25, -0.2) is 13.6 Å². The highest BCUT2D eigenvalue weighted by atomic mass is 19.1. The minimum absolute atomic E-state index is 0.149. The van der Waals surface area contributed by atoms with E-state index in [0.717, 1.165) is 94.2 Å². The number of carboxylic acid groups (broad SMARTS) is 2. The van der Waals surface area contributed by atoms with E-state index in [0.29, 0.717) is 18.7 Å². The molecule has 46 heavy (non-hydrogen) atoms. The Morgan fingerprint density at radius 2 is 1.63 bits per heavy atom. The molecule has 1 heterocycles. The van der Waals surface area contributed by atoms with Crippen LogP contribution in [0.3, 0.4) is 0 Å². The number of hydrogen-bond donors (Lipinski definition) is 2. The monoisotopic (exact) mass is 634 g/mol. The molecule has 1 aliphatic rings. The maximum Gasteiger partial charge on any atom is 0.335 e. The summed E-state index contributed by atoms with van der Waals surface area (Å²) < 4.78 is 33.5. The van der Waals surface area contributed by atoms with Crippen molar-refractivity contribution >= 4 is 23.7 Å². The molecule has 1 fully saturated rings. The number of hydrogen-bond acceptors (Lipinski definition) is 5. The van der Waals surface area contributed by atoms with Crippen LogP contribution in [0.1, 0.15) is 66.4 Å². The maximum atomic E-state index is 14.1. The summed E-state index contributed by atoms with van der Waals surface area (Å²) in [5.41, 5.74) is 2.73. The predicted octanol–water partition coefficient (Wildman–Crippen LogP) is 7.55. The lowest BCUT2D eigenvalue weighted by Gasteiger charge is -2.36. The van der Waals surface area contributed by atoms with E-state index in [-0.39, 0.29) is 17.9 Å². The molecule has 0 bridgehead atoms. The summed E-state index contributed by atoms with van der Waals surface area (Å²) in [5.74, 6) is -1.83. The van der Waals surface area contributed by atoms with Gasteiger partial charge in [0.2, 0.25) is 0 Å². The van der Waals surface area contributed by atoms with E-state index >= 15 is 0 Å². The number of allylic oxidation sites excluding steroid dienone is 1. The Hall–Kier alpha value is -4.24. The summed E-state index contributed by atoms with van der Waals surface area (Å²) in [4.78, 5) is 26.5. The molecule has 3 aromatic rings. The van der Waals surface area contributed by atoms with E-state index < -0.39 is 23.6 Å². The standard InChI is InChI=1S/C37H44F2N2O5/c38-32-18-19-34(33(39)27-32)41-23-21-40(22-24-41)20-6-1-7-25-46-35-10-4-3-9-30(35)15-12-28(8-2-5-11-36(42)43)26-29-13-16-31(17-14-29)37(44)45/h3-4,9-10,12-19,27-28H,1-2,5-8,11,20-26H2,(H,42,43)(H,44,45)/b15-12+. The van der Waals surface area contributed by atoms with Crippen molar-refractivity contribution in [3.63, 3.8) is 0 Å². The fourth-order valence-electron chi connectivity index (χ4n) is 5.77. The van der Waals surface area contributed by atoms with Gasteiger partial charge in [0.1, 0.15) is 17.4 Å². The fourth-order valence-corrected chi connectivity index (χ4v) is 5.77. The average molecular weight is 635 g/mol. The molecule has 1 aliphatic heterocycles. The minimum atomic E-state index is -0.954. The molecule has 1 atom stereocenters. The van der Waals surface area contributed by atoms with Gasteiger partial charge in [0.15, 0.2) is 0 Å². The Bertz CT molecular complexity index is 1440. The van der Waals surface area contributed by atoms with Gasteiger partial charge < -0.3 is 19.8 Å². The molecule has 9 heteroatoms. The molecular weight excluding hydrogens is 590 g/mol. The Labute approximate surface area is 270 Å². The van der Waals surface area contributed by atoms with Crippen molar-refractivity contribution in [1.29, 1.82) is 0 Å². The Kier molecular flexibility index (Phi) is 13.6. The second-order valence-electron chi connectivity index (χ2n) is 11.8. The number of carboxylic acids is 2. The highest BCUT2D eigenvalue weighted by molar-refractivity contribution is 5.87. The number of nitrogens with zero attached hydrogens (tertiary/aromatic N) is 2. The smallest absolute Gasteiger partial charge is 0.335 e. The van der Waals surface area contributed by atoms with Crippen molar-refractivity contribution in [3.05, 3.63) is 101 Å². The zero-order chi connectivity index (χ0) is 32.7. The number of aliphatic carboxylic acids is 1. The molecule has 0 saturated carbocycles. The molecule has 1 unspecified atom stereocenters. The zero-order valence-corrected chi connectivity index (χ0v) is 26.3. The number of para-hydroxylation sites is 1. The van der Waals surface area contributed by atoms with Crippen LogP contribution < -0.4 is 9.64 Å². The highest BCUT2D eigenvalue weighted by Gasteiger charge is 2.19. The van der Waals surface area contributed by atoms with E-state index in [1.165, 1.54) is 12.1 Å². The van der Waals surface area contributed by atoms with Gasteiger partial charge in [-0.15, -0.1) is 0 Å².